The highest BCUT2D eigenvalue weighted by Crippen LogP contribution is 2.34. The number of carbonyl (C=O) groups is 16. The molecule has 0 aliphatic carbocycles. The molecule has 16 amide bonds. The number of fused-ring (bicyclic) bond motifs is 8. The van der Waals surface area contributed by atoms with E-state index in [-0.39, 0.29) is 106 Å². The molecule has 0 fully saturated rings. The van der Waals surface area contributed by atoms with Crippen LogP contribution in [0.4, 0.5) is 0 Å². The Labute approximate surface area is 655 Å². The molecule has 8 aliphatic rings. The van der Waals surface area contributed by atoms with E-state index in [4.69, 9.17) is 13.9 Å². The molecule has 36 nitrogen and oxygen atoms in total. The van der Waals surface area contributed by atoms with Crippen LogP contribution < -0.4 is 0 Å². The van der Waals surface area contributed by atoms with Gasteiger partial charge in [-0.1, -0.05) is 112 Å². The summed E-state index contributed by atoms with van der Waals surface area (Å²) in [4.78, 5) is 185. The summed E-state index contributed by atoms with van der Waals surface area (Å²) in [5.74, 6) is -7.68. The normalized spacial score (nSPS) is 15.4. The molecular formula is C70H55N8O28P8+3. The molecule has 8 aromatic rings. The second kappa shape index (κ2) is 39.4. The molecule has 0 radical (unpaired) electrons. The number of rotatable bonds is 15. The van der Waals surface area contributed by atoms with Crippen molar-refractivity contribution in [2.45, 2.75) is 0 Å². The lowest BCUT2D eigenvalue weighted by atomic mass is 10.1. The van der Waals surface area contributed by atoms with Gasteiger partial charge in [0.2, 0.25) is 0 Å². The fourth-order valence-corrected chi connectivity index (χ4v) is 13.2. The lowest BCUT2D eigenvalue weighted by Gasteiger charge is -2.10. The van der Waals surface area contributed by atoms with E-state index in [2.05, 4.69) is 23.1 Å². The summed E-state index contributed by atoms with van der Waals surface area (Å²) in [6.45, 7) is 9.09. The Bertz CT molecular complexity index is 4730. The molecule has 8 aromatic carbocycles. The molecule has 0 bridgehead atoms. The fraction of sp³-hybridized carbons (Fsp3) is 0.0857. The minimum absolute atomic E-state index is 0.0757. The van der Waals surface area contributed by atoms with Gasteiger partial charge in [-0.3, -0.25) is 76.7 Å². The van der Waals surface area contributed by atoms with Crippen LogP contribution in [0.1, 0.15) is 166 Å². The van der Waals surface area contributed by atoms with Crippen molar-refractivity contribution in [1.29, 1.82) is 0 Å². The summed E-state index contributed by atoms with van der Waals surface area (Å²) < 4.78 is 80.4. The third-order valence-electron chi connectivity index (χ3n) is 15.4. The Morgan fingerprint density at radius 1 is 0.246 bits per heavy atom. The predicted molar refractivity (Wildman–Crippen MR) is 405 cm³/mol. The van der Waals surface area contributed by atoms with Crippen molar-refractivity contribution >= 4 is 163 Å². The molecule has 114 heavy (non-hydrogen) atoms. The van der Waals surface area contributed by atoms with E-state index in [0.29, 0.717) is 64.8 Å². The summed E-state index contributed by atoms with van der Waals surface area (Å²) in [5, 5.41) is 5.31. The summed E-state index contributed by atoms with van der Waals surface area (Å²) in [7, 11) is -4.73. The fourth-order valence-electron chi connectivity index (χ4n) is 10.6. The highest BCUT2D eigenvalue weighted by atomic mass is 31.1. The van der Waals surface area contributed by atoms with E-state index in [9.17, 15) is 95.0 Å². The largest absolute Gasteiger partial charge is 0.529 e. The number of hydroxylamine groups is 16. The van der Waals surface area contributed by atoms with E-state index in [0.717, 1.165) is 20.3 Å². The van der Waals surface area contributed by atoms with Crippen molar-refractivity contribution in [1.82, 2.24) is 40.5 Å². The first-order valence-electron chi connectivity index (χ1n) is 32.1. The van der Waals surface area contributed by atoms with Crippen LogP contribution in [0.15, 0.2) is 194 Å². The number of benzene rings is 8. The second-order valence-corrected chi connectivity index (χ2v) is 27.7. The van der Waals surface area contributed by atoms with Crippen LogP contribution >= 0.6 is 68.7 Å². The van der Waals surface area contributed by atoms with Gasteiger partial charge in [-0.2, -0.15) is 4.62 Å². The van der Waals surface area contributed by atoms with Crippen LogP contribution in [0.25, 0.3) is 0 Å². The molecule has 8 heterocycles. The molecule has 16 rings (SSSR count). The van der Waals surface area contributed by atoms with Gasteiger partial charge in [0, 0.05) is 35.9 Å². The van der Waals surface area contributed by atoms with E-state index in [1.807, 2.05) is 9.47 Å². The lowest BCUT2D eigenvalue weighted by molar-refractivity contribution is -0.00948. The molecule has 0 saturated heterocycles. The molecule has 0 saturated carbocycles. The number of nitrogens with zero attached hydrogens (tertiary/aromatic N) is 8. The number of hydrogen-bond donors (Lipinski definition) is 0. The molecule has 44 heteroatoms. The highest BCUT2D eigenvalue weighted by molar-refractivity contribution is 7.38. The maximum Gasteiger partial charge on any atom is 0.529 e. The highest BCUT2D eigenvalue weighted by Gasteiger charge is 2.45. The van der Waals surface area contributed by atoms with Crippen LogP contribution in [-0.4, -0.2) is 175 Å². The zero-order valence-electron chi connectivity index (χ0n) is 59.4. The van der Waals surface area contributed by atoms with Crippen LogP contribution in [-0.2, 0) is 55.3 Å². The molecule has 580 valence electrons. The molecular weight excluding hydrogens is 1650 g/mol. The van der Waals surface area contributed by atoms with E-state index in [1.54, 1.807) is 166 Å². The van der Waals surface area contributed by atoms with Gasteiger partial charge in [-0.05, 0) is 145 Å². The smallest absolute Gasteiger partial charge is 0.266 e. The third kappa shape index (κ3) is 18.8. The van der Waals surface area contributed by atoms with Gasteiger partial charge in [0.25, 0.3) is 94.5 Å². The average molecular weight is 1700 g/mol. The Morgan fingerprint density at radius 3 is 0.500 bits per heavy atom. The predicted octanol–water partition coefficient (Wildman–Crippen LogP) is 11.5. The Morgan fingerprint density at radius 2 is 0.377 bits per heavy atom. The summed E-state index contributed by atoms with van der Waals surface area (Å²) in [6.07, 6.45) is 0. The van der Waals surface area contributed by atoms with Gasteiger partial charge in [0.1, 0.15) is 0 Å². The van der Waals surface area contributed by atoms with Gasteiger partial charge in [0.15, 0.2) is 20.0 Å². The summed E-state index contributed by atoms with van der Waals surface area (Å²) in [6, 6.07) is 52.1. The minimum Gasteiger partial charge on any atom is -0.266 e. The number of amides is 16. The van der Waals surface area contributed by atoms with Crippen LogP contribution in [0.2, 0.25) is 0 Å². The maximum atomic E-state index is 11.6. The van der Waals surface area contributed by atoms with Crippen molar-refractivity contribution in [3.05, 3.63) is 283 Å². The van der Waals surface area contributed by atoms with E-state index < -0.39 is 91.8 Å². The number of hydrogen-bond acceptors (Lipinski definition) is 28. The van der Waals surface area contributed by atoms with Crippen molar-refractivity contribution < 1.29 is 132 Å². The second-order valence-electron chi connectivity index (χ2n) is 22.3. The zero-order valence-corrected chi connectivity index (χ0v) is 67.1. The van der Waals surface area contributed by atoms with E-state index in [1.165, 1.54) is 68.5 Å². The third-order valence-corrected chi connectivity index (χ3v) is 18.1. The molecule has 8 aliphatic heterocycles. The van der Waals surface area contributed by atoms with E-state index >= 15 is 0 Å². The molecule has 0 aromatic heterocycles. The number of carbonyl (C=O) groups excluding carboxylic acids is 16. The first-order chi connectivity index (χ1) is 54.6. The average Bonchev–Trinajstić information content (AvgIpc) is 1.64. The lowest BCUT2D eigenvalue weighted by Crippen LogP contribution is -2.27. The maximum absolute atomic E-state index is 11.6. The molecule has 0 spiro atoms. The van der Waals surface area contributed by atoms with Gasteiger partial charge in [-0.25, -0.2) is 23.1 Å². The van der Waals surface area contributed by atoms with Crippen molar-refractivity contribution in [2.24, 2.45) is 0 Å². The Balaban J connectivity index is 0.000000149. The van der Waals surface area contributed by atoms with Crippen molar-refractivity contribution in [3.63, 3.8) is 0 Å². The van der Waals surface area contributed by atoms with Gasteiger partial charge in [-0.15, -0.1) is 25.3 Å². The molecule has 7 unspecified atom stereocenters. The molecule has 0 N–H and O–H groups in total. The Hall–Kier alpha value is -11.3. The monoisotopic (exact) mass is 1700 g/mol. The molecule has 7 atom stereocenters. The SMILES string of the molecule is CPON1C(=O)c2ccccc2C1=O.CPON1C(=O)c2ccccc2C1=O.CPON1C(=O)c2ccccc2C1=O.C[P+](=O)ON1C(=O)c2ccccc2C1=O.C[P+](=O)ON1C(=O)c2ccccc2C1=O.C[P+](=O)ON1C(=O)c2ccccc2C1=O.O=C1c2ccccc2C(=O)N1OP.O=PON1C(=O)c2ccccc2C1=O. The quantitative estimate of drug-likeness (QED) is 0.0679. The van der Waals surface area contributed by atoms with Crippen LogP contribution in [0.3, 0.4) is 0 Å². The number of imide groups is 8. The van der Waals surface area contributed by atoms with Crippen molar-refractivity contribution in [2.75, 3.05) is 40.0 Å². The summed E-state index contributed by atoms with van der Waals surface area (Å²) >= 11 is 0. The van der Waals surface area contributed by atoms with Crippen molar-refractivity contribution in [3.8, 4) is 0 Å². The standard InChI is InChI=1S/3C9H7NO4P.3C9H8NO3P.C8H4NO4P.C8H6NO3P/c3*1-15(13)14-10-8(11)6-4-2-3-5-7(6)9(10)12;3*1-14-13-10-8(11)6-4-2-3-5-7(6)9(10)12;10-7-5-3-1-2-4-6(5)8(11)9(7)13-14-12;10-7-5-3-1-2-4-6(5)8(11)9(7)12-13/h3*2-5H,1H3;3*2-5,14H,1H3;1-4H;1-4H,13H2/q3*+1;;;;;. The summed E-state index contributed by atoms with van der Waals surface area (Å²) in [5.41, 5.74) is 5.44. The zero-order chi connectivity index (χ0) is 82.9. The van der Waals surface area contributed by atoms with Gasteiger partial charge >= 0.3 is 32.8 Å². The minimum atomic E-state index is -2.03. The first-order valence-corrected chi connectivity index (χ1v) is 42.4. The van der Waals surface area contributed by atoms with Crippen LogP contribution in [0.5, 0.6) is 0 Å². The first kappa shape index (κ1) is 86.7. The van der Waals surface area contributed by atoms with Gasteiger partial charge in [0.05, 0.1) is 89.0 Å². The van der Waals surface area contributed by atoms with Crippen LogP contribution in [0, 0.1) is 0 Å². The topological polar surface area (TPSA) is 441 Å². The van der Waals surface area contributed by atoms with Gasteiger partial charge < -0.3 is 0 Å². The Kier molecular flexibility index (Phi) is 30.0.